The van der Waals surface area contributed by atoms with Crippen LogP contribution in [0.4, 0.5) is 0 Å². The summed E-state index contributed by atoms with van der Waals surface area (Å²) in [6.07, 6.45) is 3.61. The summed E-state index contributed by atoms with van der Waals surface area (Å²) in [5.41, 5.74) is 6.02. The molecule has 1 saturated carbocycles. The number of fused-ring (bicyclic) bond motifs is 1. The van der Waals surface area contributed by atoms with E-state index in [4.69, 9.17) is 10.5 Å². The molecule has 3 rings (SSSR count). The van der Waals surface area contributed by atoms with Crippen LogP contribution in [-0.2, 0) is 0 Å². The van der Waals surface area contributed by atoms with Gasteiger partial charge in [-0.2, -0.15) is 0 Å². The molecule has 1 aliphatic rings. The van der Waals surface area contributed by atoms with Crippen molar-refractivity contribution in [1.82, 2.24) is 0 Å². The van der Waals surface area contributed by atoms with E-state index in [-0.39, 0.29) is 0 Å². The molecule has 1 aliphatic carbocycles. The second-order valence-electron chi connectivity index (χ2n) is 5.34. The van der Waals surface area contributed by atoms with Crippen molar-refractivity contribution >= 4 is 10.8 Å². The minimum absolute atomic E-state index is 0.375. The van der Waals surface area contributed by atoms with Crippen LogP contribution in [0.15, 0.2) is 42.5 Å². The summed E-state index contributed by atoms with van der Waals surface area (Å²) in [5.74, 6) is 0.969. The van der Waals surface area contributed by atoms with Crippen LogP contribution in [0.25, 0.3) is 10.8 Å². The molecule has 0 aliphatic heterocycles. The molecule has 2 nitrogen and oxygen atoms in total. The predicted molar refractivity (Wildman–Crippen MR) is 74.8 cm³/mol. The van der Waals surface area contributed by atoms with Gasteiger partial charge in [-0.25, -0.2) is 0 Å². The zero-order valence-electron chi connectivity index (χ0n) is 10.6. The SMILES string of the molecule is NCCC1(COc2ccc3ccccc3c2)CC1. The molecule has 0 unspecified atom stereocenters. The first-order valence-corrected chi connectivity index (χ1v) is 6.63. The Morgan fingerprint density at radius 2 is 1.83 bits per heavy atom. The second kappa shape index (κ2) is 4.62. The van der Waals surface area contributed by atoms with Crippen molar-refractivity contribution in [2.45, 2.75) is 19.3 Å². The summed E-state index contributed by atoms with van der Waals surface area (Å²) < 4.78 is 5.94. The average molecular weight is 241 g/mol. The Kier molecular flexibility index (Phi) is 2.96. The fourth-order valence-electron chi connectivity index (χ4n) is 2.44. The van der Waals surface area contributed by atoms with Crippen LogP contribution in [0.2, 0.25) is 0 Å². The summed E-state index contributed by atoms with van der Waals surface area (Å²) in [6.45, 7) is 1.57. The fraction of sp³-hybridized carbons (Fsp3) is 0.375. The van der Waals surface area contributed by atoms with Gasteiger partial charge >= 0.3 is 0 Å². The van der Waals surface area contributed by atoms with E-state index in [1.807, 2.05) is 0 Å². The lowest BCUT2D eigenvalue weighted by Crippen LogP contribution is -2.17. The molecule has 0 aromatic heterocycles. The molecule has 2 heteroatoms. The number of benzene rings is 2. The van der Waals surface area contributed by atoms with Crippen LogP contribution < -0.4 is 10.5 Å². The van der Waals surface area contributed by atoms with Gasteiger partial charge in [0, 0.05) is 5.41 Å². The molecule has 0 heterocycles. The summed E-state index contributed by atoms with van der Waals surface area (Å²) in [5, 5.41) is 2.49. The third-order valence-electron chi connectivity index (χ3n) is 3.90. The minimum atomic E-state index is 0.375. The summed E-state index contributed by atoms with van der Waals surface area (Å²) >= 11 is 0. The lowest BCUT2D eigenvalue weighted by Gasteiger charge is -2.15. The Labute approximate surface area is 108 Å². The molecule has 1 fully saturated rings. The molecular weight excluding hydrogens is 222 g/mol. The van der Waals surface area contributed by atoms with E-state index in [1.54, 1.807) is 0 Å². The highest BCUT2D eigenvalue weighted by Gasteiger charge is 2.42. The van der Waals surface area contributed by atoms with Crippen molar-refractivity contribution in [3.63, 3.8) is 0 Å². The van der Waals surface area contributed by atoms with E-state index in [0.717, 1.165) is 25.3 Å². The topological polar surface area (TPSA) is 35.2 Å². The zero-order chi connectivity index (χ0) is 12.4. The maximum Gasteiger partial charge on any atom is 0.119 e. The summed E-state index contributed by atoms with van der Waals surface area (Å²) in [7, 11) is 0. The third-order valence-corrected chi connectivity index (χ3v) is 3.90. The molecule has 2 aromatic carbocycles. The third kappa shape index (κ3) is 2.34. The quantitative estimate of drug-likeness (QED) is 0.871. The number of ether oxygens (including phenoxy) is 1. The molecular formula is C16H19NO. The standard InChI is InChI=1S/C16H19NO/c17-10-9-16(7-8-16)12-18-15-6-5-13-3-1-2-4-14(13)11-15/h1-6,11H,7-10,12,17H2. The highest BCUT2D eigenvalue weighted by atomic mass is 16.5. The lowest BCUT2D eigenvalue weighted by molar-refractivity contribution is 0.227. The largest absolute Gasteiger partial charge is 0.493 e. The second-order valence-corrected chi connectivity index (χ2v) is 5.34. The Morgan fingerprint density at radius 3 is 2.56 bits per heavy atom. The molecule has 18 heavy (non-hydrogen) atoms. The van der Waals surface area contributed by atoms with Crippen molar-refractivity contribution in [2.24, 2.45) is 11.1 Å². The van der Waals surface area contributed by atoms with Crippen molar-refractivity contribution in [3.05, 3.63) is 42.5 Å². The van der Waals surface area contributed by atoms with Gasteiger partial charge in [-0.15, -0.1) is 0 Å². The van der Waals surface area contributed by atoms with Crippen LogP contribution in [0.5, 0.6) is 5.75 Å². The molecule has 2 N–H and O–H groups in total. The van der Waals surface area contributed by atoms with Crippen molar-refractivity contribution in [1.29, 1.82) is 0 Å². The van der Waals surface area contributed by atoms with Gasteiger partial charge in [-0.1, -0.05) is 30.3 Å². The Morgan fingerprint density at radius 1 is 1.06 bits per heavy atom. The maximum absolute atomic E-state index is 5.94. The van der Waals surface area contributed by atoms with E-state index in [0.29, 0.717) is 5.41 Å². The predicted octanol–water partition coefficient (Wildman–Crippen LogP) is 3.35. The Bertz CT molecular complexity index is 546. The molecule has 0 atom stereocenters. The van der Waals surface area contributed by atoms with E-state index < -0.39 is 0 Å². The molecule has 0 spiro atoms. The lowest BCUT2D eigenvalue weighted by atomic mass is 10.0. The van der Waals surface area contributed by atoms with E-state index >= 15 is 0 Å². The van der Waals surface area contributed by atoms with Crippen LogP contribution >= 0.6 is 0 Å². The highest BCUT2D eigenvalue weighted by Crippen LogP contribution is 2.48. The van der Waals surface area contributed by atoms with Gasteiger partial charge in [0.15, 0.2) is 0 Å². The molecule has 0 saturated heterocycles. The van der Waals surface area contributed by atoms with Crippen LogP contribution in [0, 0.1) is 5.41 Å². The van der Waals surface area contributed by atoms with Crippen molar-refractivity contribution < 1.29 is 4.74 Å². The summed E-state index contributed by atoms with van der Waals surface area (Å²) in [4.78, 5) is 0. The smallest absolute Gasteiger partial charge is 0.119 e. The van der Waals surface area contributed by atoms with Gasteiger partial charge in [0.25, 0.3) is 0 Å². The van der Waals surface area contributed by atoms with E-state index in [9.17, 15) is 0 Å². The zero-order valence-corrected chi connectivity index (χ0v) is 10.6. The first-order valence-electron chi connectivity index (χ1n) is 6.63. The summed E-state index contributed by atoms with van der Waals surface area (Å²) in [6, 6.07) is 14.7. The van der Waals surface area contributed by atoms with E-state index in [2.05, 4.69) is 42.5 Å². The van der Waals surface area contributed by atoms with Crippen LogP contribution in [0.3, 0.4) is 0 Å². The van der Waals surface area contributed by atoms with Crippen LogP contribution in [0.1, 0.15) is 19.3 Å². The molecule has 0 amide bonds. The Hall–Kier alpha value is -1.54. The molecule has 2 aromatic rings. The first kappa shape index (κ1) is 11.5. The van der Waals surface area contributed by atoms with Gasteiger partial charge in [-0.3, -0.25) is 0 Å². The first-order chi connectivity index (χ1) is 8.81. The van der Waals surface area contributed by atoms with Crippen molar-refractivity contribution in [2.75, 3.05) is 13.2 Å². The average Bonchev–Trinajstić information content (AvgIpc) is 3.17. The molecule has 0 radical (unpaired) electrons. The number of rotatable bonds is 5. The van der Waals surface area contributed by atoms with Crippen LogP contribution in [-0.4, -0.2) is 13.2 Å². The Balaban J connectivity index is 1.71. The maximum atomic E-state index is 5.94. The number of hydrogen-bond donors (Lipinski definition) is 1. The highest BCUT2D eigenvalue weighted by molar-refractivity contribution is 5.83. The molecule has 94 valence electrons. The van der Waals surface area contributed by atoms with Gasteiger partial charge in [0.2, 0.25) is 0 Å². The number of nitrogens with two attached hydrogens (primary N) is 1. The van der Waals surface area contributed by atoms with Gasteiger partial charge in [0.05, 0.1) is 6.61 Å². The monoisotopic (exact) mass is 241 g/mol. The minimum Gasteiger partial charge on any atom is -0.493 e. The molecule has 0 bridgehead atoms. The van der Waals surface area contributed by atoms with Gasteiger partial charge in [0.1, 0.15) is 5.75 Å². The normalized spacial score (nSPS) is 16.7. The fourth-order valence-corrected chi connectivity index (χ4v) is 2.44. The number of hydrogen-bond acceptors (Lipinski definition) is 2. The van der Waals surface area contributed by atoms with E-state index in [1.165, 1.54) is 23.6 Å². The van der Waals surface area contributed by atoms with Gasteiger partial charge in [-0.05, 0) is 48.7 Å². The van der Waals surface area contributed by atoms with Crippen molar-refractivity contribution in [3.8, 4) is 5.75 Å². The van der Waals surface area contributed by atoms with Gasteiger partial charge < -0.3 is 10.5 Å².